The number of ether oxygens (including phenoxy) is 1. The maximum absolute atomic E-state index is 6.15. The molecule has 0 bridgehead atoms. The molecular formula is C13H15ClO. The summed E-state index contributed by atoms with van der Waals surface area (Å²) in [4.78, 5) is 0. The second kappa shape index (κ2) is 3.41. The molecule has 1 aliphatic carbocycles. The van der Waals surface area contributed by atoms with Crippen LogP contribution in [0.3, 0.4) is 0 Å². The van der Waals surface area contributed by atoms with E-state index in [1.54, 1.807) is 0 Å². The minimum atomic E-state index is 0.0889. The Hall–Kier alpha value is -0.690. The van der Waals surface area contributed by atoms with Crippen LogP contribution < -0.4 is 4.74 Å². The third kappa shape index (κ3) is 1.53. The molecule has 1 spiro atoms. The minimum Gasteiger partial charge on any atom is -0.485 e. The van der Waals surface area contributed by atoms with Crippen molar-refractivity contribution in [3.8, 4) is 5.75 Å². The Balaban J connectivity index is 1.94. The van der Waals surface area contributed by atoms with Crippen LogP contribution in [0.2, 0.25) is 5.02 Å². The van der Waals surface area contributed by atoms with Gasteiger partial charge < -0.3 is 4.74 Å². The van der Waals surface area contributed by atoms with Crippen LogP contribution in [0, 0.1) is 0 Å². The number of benzene rings is 1. The summed E-state index contributed by atoms with van der Waals surface area (Å²) in [6.45, 7) is 0. The lowest BCUT2D eigenvalue weighted by atomic mass is 9.82. The zero-order valence-electron chi connectivity index (χ0n) is 8.76. The molecular weight excluding hydrogens is 208 g/mol. The van der Waals surface area contributed by atoms with E-state index in [0.29, 0.717) is 0 Å². The van der Waals surface area contributed by atoms with Crippen molar-refractivity contribution in [1.29, 1.82) is 0 Å². The molecule has 80 valence electrons. The molecule has 2 aliphatic rings. The smallest absolute Gasteiger partial charge is 0.142 e. The Kier molecular flexibility index (Phi) is 2.17. The number of hydrogen-bond acceptors (Lipinski definition) is 1. The first kappa shape index (κ1) is 9.53. The lowest BCUT2D eigenvalue weighted by Gasteiger charge is -2.32. The van der Waals surface area contributed by atoms with Gasteiger partial charge in [-0.15, -0.1) is 0 Å². The summed E-state index contributed by atoms with van der Waals surface area (Å²) >= 11 is 6.15. The predicted molar refractivity (Wildman–Crippen MR) is 61.6 cm³/mol. The molecule has 1 nitrogen and oxygen atoms in total. The van der Waals surface area contributed by atoms with Gasteiger partial charge >= 0.3 is 0 Å². The van der Waals surface area contributed by atoms with Gasteiger partial charge in [0.1, 0.15) is 11.4 Å². The molecule has 1 aliphatic heterocycles. The standard InChI is InChI=1S/C13H15ClO/c14-11-6-4-5-10-9-13(15-12(10)11)7-2-1-3-8-13/h4-6H,1-3,7-9H2. The van der Waals surface area contributed by atoms with Crippen molar-refractivity contribution in [3.05, 3.63) is 28.8 Å². The number of para-hydroxylation sites is 1. The molecule has 1 aromatic carbocycles. The molecule has 1 fully saturated rings. The van der Waals surface area contributed by atoms with Gasteiger partial charge in [0, 0.05) is 6.42 Å². The first-order valence-electron chi connectivity index (χ1n) is 5.76. The van der Waals surface area contributed by atoms with E-state index in [4.69, 9.17) is 16.3 Å². The molecule has 0 unspecified atom stereocenters. The van der Waals surface area contributed by atoms with Crippen LogP contribution in [-0.2, 0) is 6.42 Å². The predicted octanol–water partition coefficient (Wildman–Crippen LogP) is 3.98. The van der Waals surface area contributed by atoms with E-state index >= 15 is 0 Å². The number of rotatable bonds is 0. The maximum atomic E-state index is 6.15. The highest BCUT2D eigenvalue weighted by atomic mass is 35.5. The van der Waals surface area contributed by atoms with Gasteiger partial charge in [-0.25, -0.2) is 0 Å². The second-order valence-corrected chi connectivity index (χ2v) is 5.16. The zero-order chi connectivity index (χ0) is 10.3. The van der Waals surface area contributed by atoms with Crippen LogP contribution >= 0.6 is 11.6 Å². The molecule has 1 aromatic rings. The van der Waals surface area contributed by atoms with Crippen molar-refractivity contribution in [3.63, 3.8) is 0 Å². The maximum Gasteiger partial charge on any atom is 0.142 e. The van der Waals surface area contributed by atoms with Gasteiger partial charge in [-0.3, -0.25) is 0 Å². The van der Waals surface area contributed by atoms with Crippen LogP contribution in [0.25, 0.3) is 0 Å². The summed E-state index contributed by atoms with van der Waals surface area (Å²) in [5.74, 6) is 0.945. The van der Waals surface area contributed by atoms with Crippen LogP contribution in [0.4, 0.5) is 0 Å². The highest BCUT2D eigenvalue weighted by molar-refractivity contribution is 6.32. The topological polar surface area (TPSA) is 9.23 Å². The van der Waals surface area contributed by atoms with Crippen LogP contribution in [-0.4, -0.2) is 5.60 Å². The van der Waals surface area contributed by atoms with Crippen molar-refractivity contribution in [2.45, 2.75) is 44.1 Å². The third-order valence-electron chi connectivity index (χ3n) is 3.64. The fraction of sp³-hybridized carbons (Fsp3) is 0.538. The van der Waals surface area contributed by atoms with Crippen molar-refractivity contribution in [2.75, 3.05) is 0 Å². The number of fused-ring (bicyclic) bond motifs is 1. The lowest BCUT2D eigenvalue weighted by molar-refractivity contribution is 0.0529. The fourth-order valence-electron chi connectivity index (χ4n) is 2.88. The Morgan fingerprint density at radius 3 is 2.67 bits per heavy atom. The summed E-state index contributed by atoms with van der Waals surface area (Å²) in [5, 5.41) is 0.773. The first-order valence-corrected chi connectivity index (χ1v) is 6.13. The van der Waals surface area contributed by atoms with Crippen molar-refractivity contribution < 1.29 is 4.74 Å². The Bertz CT molecular complexity index is 380. The normalized spacial score (nSPS) is 22.5. The van der Waals surface area contributed by atoms with Crippen LogP contribution in [0.1, 0.15) is 37.7 Å². The van der Waals surface area contributed by atoms with Crippen molar-refractivity contribution >= 4 is 11.6 Å². The van der Waals surface area contributed by atoms with Crippen LogP contribution in [0.5, 0.6) is 5.75 Å². The summed E-state index contributed by atoms with van der Waals surface area (Å²) < 4.78 is 6.13. The first-order chi connectivity index (χ1) is 7.29. The van der Waals surface area contributed by atoms with Gasteiger partial charge in [0.05, 0.1) is 5.02 Å². The lowest BCUT2D eigenvalue weighted by Crippen LogP contribution is -2.36. The molecule has 0 radical (unpaired) electrons. The largest absolute Gasteiger partial charge is 0.485 e. The summed E-state index contributed by atoms with van der Waals surface area (Å²) in [5.41, 5.74) is 1.38. The molecule has 0 atom stereocenters. The zero-order valence-corrected chi connectivity index (χ0v) is 9.52. The quantitative estimate of drug-likeness (QED) is 0.645. The molecule has 1 heterocycles. The summed E-state index contributed by atoms with van der Waals surface area (Å²) in [6, 6.07) is 6.08. The Labute approximate surface area is 95.4 Å². The average molecular weight is 223 g/mol. The van der Waals surface area contributed by atoms with E-state index in [-0.39, 0.29) is 5.60 Å². The Morgan fingerprint density at radius 1 is 1.13 bits per heavy atom. The molecule has 0 amide bonds. The Morgan fingerprint density at radius 2 is 1.93 bits per heavy atom. The molecule has 1 saturated carbocycles. The number of halogens is 1. The van der Waals surface area contributed by atoms with E-state index < -0.39 is 0 Å². The SMILES string of the molecule is Clc1cccc2c1OC1(CCCCC1)C2. The second-order valence-electron chi connectivity index (χ2n) is 4.75. The molecule has 0 aromatic heterocycles. The molecule has 15 heavy (non-hydrogen) atoms. The van der Waals surface area contributed by atoms with E-state index in [1.165, 1.54) is 37.7 Å². The highest BCUT2D eigenvalue weighted by Gasteiger charge is 2.40. The van der Waals surface area contributed by atoms with Gasteiger partial charge in [0.25, 0.3) is 0 Å². The third-order valence-corrected chi connectivity index (χ3v) is 3.94. The highest BCUT2D eigenvalue weighted by Crippen LogP contribution is 2.46. The fourth-order valence-corrected chi connectivity index (χ4v) is 3.11. The van der Waals surface area contributed by atoms with E-state index in [9.17, 15) is 0 Å². The van der Waals surface area contributed by atoms with E-state index in [0.717, 1.165) is 17.2 Å². The van der Waals surface area contributed by atoms with E-state index in [2.05, 4.69) is 6.07 Å². The number of hydrogen-bond donors (Lipinski definition) is 0. The van der Waals surface area contributed by atoms with Crippen molar-refractivity contribution in [1.82, 2.24) is 0 Å². The van der Waals surface area contributed by atoms with Gasteiger partial charge in [-0.1, -0.05) is 30.2 Å². The average Bonchev–Trinajstić information content (AvgIpc) is 2.59. The molecule has 0 N–H and O–H groups in total. The van der Waals surface area contributed by atoms with Gasteiger partial charge in [0.15, 0.2) is 0 Å². The molecule has 3 rings (SSSR count). The van der Waals surface area contributed by atoms with Gasteiger partial charge in [-0.2, -0.15) is 0 Å². The monoisotopic (exact) mass is 222 g/mol. The minimum absolute atomic E-state index is 0.0889. The summed E-state index contributed by atoms with van der Waals surface area (Å²) in [6.07, 6.45) is 7.39. The summed E-state index contributed by atoms with van der Waals surface area (Å²) in [7, 11) is 0. The van der Waals surface area contributed by atoms with Gasteiger partial charge in [0.2, 0.25) is 0 Å². The van der Waals surface area contributed by atoms with Crippen molar-refractivity contribution in [2.24, 2.45) is 0 Å². The molecule has 0 saturated heterocycles. The van der Waals surface area contributed by atoms with E-state index in [1.807, 2.05) is 12.1 Å². The molecule has 2 heteroatoms. The van der Waals surface area contributed by atoms with Gasteiger partial charge in [-0.05, 0) is 37.3 Å². The van der Waals surface area contributed by atoms with Crippen LogP contribution in [0.15, 0.2) is 18.2 Å².